The van der Waals surface area contributed by atoms with Gasteiger partial charge in [-0.25, -0.2) is 0 Å². The normalized spacial score (nSPS) is 9.53. The summed E-state index contributed by atoms with van der Waals surface area (Å²) < 4.78 is 0.721. The van der Waals surface area contributed by atoms with Crippen molar-refractivity contribution in [3.05, 3.63) is 59.6 Å². The maximum atomic E-state index is 10.9. The lowest BCUT2D eigenvalue weighted by atomic mass is 10.0. The maximum Gasteiger partial charge on any atom is 0.180 e. The zero-order chi connectivity index (χ0) is 10.7. The van der Waals surface area contributed by atoms with Crippen LogP contribution in [-0.2, 0) is 0 Å². The van der Waals surface area contributed by atoms with Gasteiger partial charge in [0.25, 0.3) is 0 Å². The molecule has 0 atom stereocenters. The number of rotatable bonds is 1. The summed E-state index contributed by atoms with van der Waals surface area (Å²) in [5, 5.41) is 19.8. The van der Waals surface area contributed by atoms with Gasteiger partial charge in [0.15, 0.2) is 12.4 Å². The number of nitrogens with zero attached hydrogens (tertiary/aromatic N) is 2. The Hall–Kier alpha value is -2.34. The van der Waals surface area contributed by atoms with Crippen molar-refractivity contribution < 1.29 is 4.73 Å². The van der Waals surface area contributed by atoms with Crippen molar-refractivity contribution in [1.29, 1.82) is 5.26 Å². The van der Waals surface area contributed by atoms with E-state index >= 15 is 0 Å². The Morgan fingerprint density at radius 1 is 1.07 bits per heavy atom. The van der Waals surface area contributed by atoms with Gasteiger partial charge >= 0.3 is 0 Å². The highest BCUT2D eigenvalue weighted by Crippen LogP contribution is 2.21. The molecule has 0 amide bonds. The van der Waals surface area contributed by atoms with Crippen molar-refractivity contribution in [2.75, 3.05) is 0 Å². The monoisotopic (exact) mass is 196 g/mol. The molecule has 1 heterocycles. The van der Waals surface area contributed by atoms with Crippen molar-refractivity contribution in [2.45, 2.75) is 0 Å². The number of benzene rings is 1. The number of aromatic nitrogens is 1. The van der Waals surface area contributed by atoms with Crippen LogP contribution in [0.5, 0.6) is 0 Å². The highest BCUT2D eigenvalue weighted by molar-refractivity contribution is 5.69. The molecule has 3 nitrogen and oxygen atoms in total. The molecule has 72 valence electrons. The number of nitriles is 1. The second-order valence-electron chi connectivity index (χ2n) is 3.10. The van der Waals surface area contributed by atoms with Crippen LogP contribution < -0.4 is 4.73 Å². The van der Waals surface area contributed by atoms with Gasteiger partial charge < -0.3 is 5.21 Å². The van der Waals surface area contributed by atoms with E-state index in [0.717, 1.165) is 15.9 Å². The van der Waals surface area contributed by atoms with E-state index in [0.29, 0.717) is 5.56 Å². The van der Waals surface area contributed by atoms with Crippen molar-refractivity contribution in [3.63, 3.8) is 0 Å². The molecule has 0 saturated carbocycles. The van der Waals surface area contributed by atoms with Gasteiger partial charge in [-0.15, -0.1) is 0 Å². The molecule has 0 N–H and O–H groups in total. The van der Waals surface area contributed by atoms with Crippen LogP contribution in [-0.4, -0.2) is 0 Å². The second-order valence-corrected chi connectivity index (χ2v) is 3.10. The minimum Gasteiger partial charge on any atom is -0.619 e. The SMILES string of the molecule is N#Cc1ccccc1-c1cc[n+]([O-])cc1. The molecule has 0 aliphatic rings. The smallest absolute Gasteiger partial charge is 0.180 e. The van der Waals surface area contributed by atoms with Gasteiger partial charge in [0.1, 0.15) is 0 Å². The van der Waals surface area contributed by atoms with E-state index < -0.39 is 0 Å². The first-order chi connectivity index (χ1) is 7.31. The summed E-state index contributed by atoms with van der Waals surface area (Å²) in [5.74, 6) is 0. The quantitative estimate of drug-likeness (QED) is 0.516. The summed E-state index contributed by atoms with van der Waals surface area (Å²) in [6, 6.07) is 12.8. The molecule has 0 saturated heterocycles. The largest absolute Gasteiger partial charge is 0.619 e. The second kappa shape index (κ2) is 3.81. The Kier molecular flexibility index (Phi) is 2.34. The Morgan fingerprint density at radius 3 is 2.40 bits per heavy atom. The molecule has 1 aromatic heterocycles. The minimum absolute atomic E-state index is 0.612. The van der Waals surface area contributed by atoms with Crippen molar-refractivity contribution in [1.82, 2.24) is 0 Å². The predicted molar refractivity (Wildman–Crippen MR) is 55.6 cm³/mol. The molecule has 2 rings (SSSR count). The zero-order valence-corrected chi connectivity index (χ0v) is 7.92. The fraction of sp³-hybridized carbons (Fsp3) is 0. The molecule has 15 heavy (non-hydrogen) atoms. The fourth-order valence-corrected chi connectivity index (χ4v) is 1.42. The molecule has 0 fully saturated rings. The van der Waals surface area contributed by atoms with Crippen molar-refractivity contribution >= 4 is 0 Å². The third kappa shape index (κ3) is 1.79. The molecular formula is C12H8N2O. The van der Waals surface area contributed by atoms with Crippen LogP contribution in [0.4, 0.5) is 0 Å². The third-order valence-electron chi connectivity index (χ3n) is 2.16. The molecule has 1 aromatic carbocycles. The number of hydrogen-bond donors (Lipinski definition) is 0. The van der Waals surface area contributed by atoms with Gasteiger partial charge in [0.2, 0.25) is 0 Å². The van der Waals surface area contributed by atoms with Crippen LogP contribution in [0.1, 0.15) is 5.56 Å². The van der Waals surface area contributed by atoms with E-state index in [1.165, 1.54) is 12.4 Å². The van der Waals surface area contributed by atoms with E-state index in [4.69, 9.17) is 5.26 Å². The van der Waals surface area contributed by atoms with Crippen LogP contribution >= 0.6 is 0 Å². The van der Waals surface area contributed by atoms with E-state index in [-0.39, 0.29) is 0 Å². The molecule has 0 unspecified atom stereocenters. The Labute approximate surface area is 87.4 Å². The van der Waals surface area contributed by atoms with E-state index in [1.807, 2.05) is 18.2 Å². The van der Waals surface area contributed by atoms with Gasteiger partial charge in [-0.3, -0.25) is 0 Å². The highest BCUT2D eigenvalue weighted by atomic mass is 16.5. The molecule has 2 aromatic rings. The summed E-state index contributed by atoms with van der Waals surface area (Å²) in [4.78, 5) is 0. The summed E-state index contributed by atoms with van der Waals surface area (Å²) in [5.41, 5.74) is 2.33. The first-order valence-corrected chi connectivity index (χ1v) is 4.49. The van der Waals surface area contributed by atoms with Gasteiger partial charge in [-0.2, -0.15) is 9.99 Å². The van der Waals surface area contributed by atoms with Crippen LogP contribution in [0.2, 0.25) is 0 Å². The Morgan fingerprint density at radius 2 is 1.73 bits per heavy atom. The van der Waals surface area contributed by atoms with Crippen LogP contribution in [0.3, 0.4) is 0 Å². The van der Waals surface area contributed by atoms with Crippen molar-refractivity contribution in [3.8, 4) is 17.2 Å². The Bertz CT molecular complexity index is 512. The average Bonchev–Trinajstić information content (AvgIpc) is 2.30. The minimum atomic E-state index is 0.612. The average molecular weight is 196 g/mol. The first-order valence-electron chi connectivity index (χ1n) is 4.49. The molecule has 3 heteroatoms. The van der Waals surface area contributed by atoms with Gasteiger partial charge in [0.05, 0.1) is 11.6 Å². The lowest BCUT2D eigenvalue weighted by Crippen LogP contribution is -2.23. The summed E-state index contributed by atoms with van der Waals surface area (Å²) >= 11 is 0. The summed E-state index contributed by atoms with van der Waals surface area (Å²) in [6.45, 7) is 0. The lowest BCUT2D eigenvalue weighted by Gasteiger charge is -2.02. The topological polar surface area (TPSA) is 50.7 Å². The Balaban J connectivity index is 2.55. The van der Waals surface area contributed by atoms with Crippen LogP contribution in [0, 0.1) is 16.5 Å². The number of pyridine rings is 1. The van der Waals surface area contributed by atoms with Crippen molar-refractivity contribution in [2.24, 2.45) is 0 Å². The van der Waals surface area contributed by atoms with E-state index in [9.17, 15) is 5.21 Å². The molecular weight excluding hydrogens is 188 g/mol. The predicted octanol–water partition coefficient (Wildman–Crippen LogP) is 1.86. The lowest BCUT2D eigenvalue weighted by molar-refractivity contribution is -0.605. The molecule has 0 bridgehead atoms. The molecule has 0 spiro atoms. The molecule has 0 aliphatic carbocycles. The third-order valence-corrected chi connectivity index (χ3v) is 2.16. The van der Waals surface area contributed by atoms with E-state index in [1.54, 1.807) is 18.2 Å². The zero-order valence-electron chi connectivity index (χ0n) is 7.92. The van der Waals surface area contributed by atoms with Gasteiger partial charge in [0, 0.05) is 12.1 Å². The molecule has 0 radical (unpaired) electrons. The molecule has 0 aliphatic heterocycles. The summed E-state index contributed by atoms with van der Waals surface area (Å²) in [6.07, 6.45) is 2.84. The summed E-state index contributed by atoms with van der Waals surface area (Å²) in [7, 11) is 0. The van der Waals surface area contributed by atoms with Crippen LogP contribution in [0.25, 0.3) is 11.1 Å². The number of hydrogen-bond acceptors (Lipinski definition) is 2. The first kappa shape index (κ1) is 9.22. The van der Waals surface area contributed by atoms with E-state index in [2.05, 4.69) is 6.07 Å². The van der Waals surface area contributed by atoms with Gasteiger partial charge in [-0.1, -0.05) is 18.2 Å². The fourth-order valence-electron chi connectivity index (χ4n) is 1.42. The van der Waals surface area contributed by atoms with Gasteiger partial charge in [-0.05, 0) is 17.2 Å². The maximum absolute atomic E-state index is 10.9. The highest BCUT2D eigenvalue weighted by Gasteiger charge is 2.04. The van der Waals surface area contributed by atoms with Crippen LogP contribution in [0.15, 0.2) is 48.8 Å². The standard InChI is InChI=1S/C12H8N2O/c13-9-11-3-1-2-4-12(11)10-5-7-14(15)8-6-10/h1-8H.